The molecule has 0 saturated carbocycles. The number of aromatic nitrogens is 1. The Balaban J connectivity index is 1.89. The monoisotopic (exact) mass is 396 g/mol. The number of hydrogen-bond donors (Lipinski definition) is 1. The summed E-state index contributed by atoms with van der Waals surface area (Å²) in [5.74, 6) is -0.214. The zero-order chi connectivity index (χ0) is 21.0. The van der Waals surface area contributed by atoms with Crippen molar-refractivity contribution >= 4 is 22.8 Å². The molecule has 1 aromatic heterocycles. The molecule has 156 valence electrons. The third-order valence-corrected chi connectivity index (χ3v) is 5.87. The van der Waals surface area contributed by atoms with Gasteiger partial charge in [-0.2, -0.15) is 0 Å². The maximum Gasteiger partial charge on any atom is 0.339 e. The number of carbonyl (C=O) groups is 2. The van der Waals surface area contributed by atoms with Gasteiger partial charge in [-0.25, -0.2) is 4.79 Å². The van der Waals surface area contributed by atoms with Crippen molar-refractivity contribution in [2.75, 3.05) is 13.2 Å². The molecule has 1 aliphatic carbocycles. The van der Waals surface area contributed by atoms with Crippen molar-refractivity contribution in [1.29, 1.82) is 0 Å². The van der Waals surface area contributed by atoms with Crippen LogP contribution in [0.4, 0.5) is 0 Å². The number of ether oxygens (including phenoxy) is 1. The second kappa shape index (κ2) is 8.93. The molecule has 0 spiro atoms. The third kappa shape index (κ3) is 4.95. The number of nitrogens with one attached hydrogen (secondary N) is 1. The Morgan fingerprint density at radius 2 is 2.00 bits per heavy atom. The number of unbranched alkanes of at least 4 members (excludes halogenated alkanes) is 1. The molecule has 29 heavy (non-hydrogen) atoms. The van der Waals surface area contributed by atoms with Gasteiger partial charge in [-0.3, -0.25) is 9.78 Å². The van der Waals surface area contributed by atoms with Crippen molar-refractivity contribution in [2.24, 2.45) is 11.3 Å². The van der Waals surface area contributed by atoms with E-state index in [0.717, 1.165) is 54.3 Å². The molecule has 1 N–H and O–H groups in total. The number of esters is 1. The molecule has 5 heteroatoms. The second-order valence-electron chi connectivity index (χ2n) is 9.01. The Labute approximate surface area is 173 Å². The largest absolute Gasteiger partial charge is 0.452 e. The van der Waals surface area contributed by atoms with Crippen LogP contribution in [0.5, 0.6) is 0 Å². The molecule has 5 nitrogen and oxygen atoms in total. The summed E-state index contributed by atoms with van der Waals surface area (Å²) in [5, 5.41) is 3.59. The Bertz CT molecular complexity index is 899. The van der Waals surface area contributed by atoms with Crippen LogP contribution in [0.25, 0.3) is 10.9 Å². The lowest BCUT2D eigenvalue weighted by atomic mass is 9.70. The highest BCUT2D eigenvalue weighted by molar-refractivity contribution is 6.05. The van der Waals surface area contributed by atoms with E-state index in [2.05, 4.69) is 33.0 Å². The predicted molar refractivity (Wildman–Crippen MR) is 115 cm³/mol. The quantitative estimate of drug-likeness (QED) is 0.578. The third-order valence-electron chi connectivity index (χ3n) is 5.87. The van der Waals surface area contributed by atoms with E-state index >= 15 is 0 Å². The molecular formula is C24H32N2O3. The summed E-state index contributed by atoms with van der Waals surface area (Å²) in [7, 11) is 0. The molecule has 0 radical (unpaired) electrons. The number of hydrogen-bond acceptors (Lipinski definition) is 4. The van der Waals surface area contributed by atoms with Crippen LogP contribution in [-0.2, 0) is 22.4 Å². The molecule has 1 heterocycles. The maximum atomic E-state index is 13.1. The highest BCUT2D eigenvalue weighted by Crippen LogP contribution is 2.39. The number of amides is 1. The first-order valence-electron chi connectivity index (χ1n) is 10.7. The Hall–Kier alpha value is -2.43. The lowest BCUT2D eigenvalue weighted by molar-refractivity contribution is -0.124. The number of pyridine rings is 1. The van der Waals surface area contributed by atoms with E-state index in [1.165, 1.54) is 0 Å². The van der Waals surface area contributed by atoms with Crippen molar-refractivity contribution in [3.8, 4) is 0 Å². The number of benzene rings is 1. The number of para-hydroxylation sites is 1. The maximum absolute atomic E-state index is 13.1. The summed E-state index contributed by atoms with van der Waals surface area (Å²) in [5.41, 5.74) is 3.53. The fourth-order valence-electron chi connectivity index (χ4n) is 4.02. The minimum absolute atomic E-state index is 0.156. The van der Waals surface area contributed by atoms with E-state index < -0.39 is 5.97 Å². The van der Waals surface area contributed by atoms with Gasteiger partial charge in [-0.05, 0) is 48.6 Å². The first kappa shape index (κ1) is 21.3. The van der Waals surface area contributed by atoms with Crippen molar-refractivity contribution in [3.05, 3.63) is 41.1 Å². The van der Waals surface area contributed by atoms with Gasteiger partial charge in [0.25, 0.3) is 5.91 Å². The van der Waals surface area contributed by atoms with E-state index in [9.17, 15) is 9.59 Å². The van der Waals surface area contributed by atoms with Crippen LogP contribution >= 0.6 is 0 Å². The summed E-state index contributed by atoms with van der Waals surface area (Å²) in [6.07, 6.45) is 4.65. The van der Waals surface area contributed by atoms with E-state index in [1.54, 1.807) is 0 Å². The lowest BCUT2D eigenvalue weighted by Crippen LogP contribution is -2.31. The van der Waals surface area contributed by atoms with Crippen molar-refractivity contribution in [1.82, 2.24) is 10.3 Å². The van der Waals surface area contributed by atoms with E-state index in [4.69, 9.17) is 9.72 Å². The van der Waals surface area contributed by atoms with Gasteiger partial charge in [0.15, 0.2) is 6.61 Å². The molecule has 1 atom stereocenters. The van der Waals surface area contributed by atoms with Crippen LogP contribution in [0, 0.1) is 11.3 Å². The van der Waals surface area contributed by atoms with Gasteiger partial charge in [0.05, 0.1) is 11.1 Å². The standard InChI is InChI=1S/C24H32N2O3/c1-5-6-13-25-21(27)15-29-23(28)22-17-9-7-8-10-19(17)26-20-12-11-16(14-18(20)22)24(2,3)4/h7-10,16H,5-6,11-15H2,1-4H3,(H,25,27). The summed E-state index contributed by atoms with van der Waals surface area (Å²) in [6, 6.07) is 7.69. The normalized spacial score (nSPS) is 16.3. The Morgan fingerprint density at radius 3 is 2.72 bits per heavy atom. The molecule has 0 bridgehead atoms. The van der Waals surface area contributed by atoms with Crippen LogP contribution < -0.4 is 5.32 Å². The van der Waals surface area contributed by atoms with Gasteiger partial charge in [-0.15, -0.1) is 0 Å². The van der Waals surface area contributed by atoms with Crippen LogP contribution in [-0.4, -0.2) is 30.0 Å². The van der Waals surface area contributed by atoms with E-state index in [0.29, 0.717) is 18.0 Å². The first-order valence-corrected chi connectivity index (χ1v) is 10.7. The topological polar surface area (TPSA) is 68.3 Å². The summed E-state index contributed by atoms with van der Waals surface area (Å²) in [6.45, 7) is 9.15. The molecule has 2 aromatic rings. The first-order chi connectivity index (χ1) is 13.8. The molecule has 1 aliphatic rings. The number of fused-ring (bicyclic) bond motifs is 2. The van der Waals surface area contributed by atoms with Crippen LogP contribution in [0.1, 0.15) is 68.6 Å². The van der Waals surface area contributed by atoms with Gasteiger partial charge < -0.3 is 10.1 Å². The van der Waals surface area contributed by atoms with Gasteiger partial charge in [0.1, 0.15) is 0 Å². The highest BCUT2D eigenvalue weighted by Gasteiger charge is 2.33. The molecule has 0 fully saturated rings. The molecule has 0 aliphatic heterocycles. The number of rotatable bonds is 6. The molecule has 1 unspecified atom stereocenters. The van der Waals surface area contributed by atoms with Gasteiger partial charge in [0, 0.05) is 17.6 Å². The average molecular weight is 397 g/mol. The highest BCUT2D eigenvalue weighted by atomic mass is 16.5. The smallest absolute Gasteiger partial charge is 0.339 e. The van der Waals surface area contributed by atoms with Crippen LogP contribution in [0.2, 0.25) is 0 Å². The number of nitrogens with zero attached hydrogens (tertiary/aromatic N) is 1. The van der Waals surface area contributed by atoms with Crippen molar-refractivity contribution in [3.63, 3.8) is 0 Å². The number of aryl methyl sites for hydroxylation is 1. The Morgan fingerprint density at radius 1 is 1.24 bits per heavy atom. The minimum Gasteiger partial charge on any atom is -0.452 e. The van der Waals surface area contributed by atoms with Crippen molar-refractivity contribution < 1.29 is 14.3 Å². The molecule has 1 aromatic carbocycles. The summed E-state index contributed by atoms with van der Waals surface area (Å²) >= 11 is 0. The molecule has 3 rings (SSSR count). The molecule has 1 amide bonds. The molecule has 0 saturated heterocycles. The van der Waals surface area contributed by atoms with Crippen LogP contribution in [0.3, 0.4) is 0 Å². The Kier molecular flexibility index (Phi) is 6.56. The zero-order valence-electron chi connectivity index (χ0n) is 18.0. The van der Waals surface area contributed by atoms with Crippen LogP contribution in [0.15, 0.2) is 24.3 Å². The van der Waals surface area contributed by atoms with E-state index in [1.807, 2.05) is 24.3 Å². The second-order valence-corrected chi connectivity index (χ2v) is 9.01. The predicted octanol–water partition coefficient (Wildman–Crippen LogP) is 4.46. The van der Waals surface area contributed by atoms with Crippen molar-refractivity contribution in [2.45, 2.75) is 59.8 Å². The minimum atomic E-state index is -0.431. The van der Waals surface area contributed by atoms with Gasteiger partial charge >= 0.3 is 5.97 Å². The number of carbonyl (C=O) groups excluding carboxylic acids is 2. The molecular weight excluding hydrogens is 364 g/mol. The summed E-state index contributed by atoms with van der Waals surface area (Å²) < 4.78 is 5.44. The summed E-state index contributed by atoms with van der Waals surface area (Å²) in [4.78, 5) is 29.9. The van der Waals surface area contributed by atoms with E-state index in [-0.39, 0.29) is 17.9 Å². The average Bonchev–Trinajstić information content (AvgIpc) is 2.69. The SMILES string of the molecule is CCCCNC(=O)COC(=O)c1c2c(nc3ccccc13)CCC(C(C)(C)C)C2. The lowest BCUT2D eigenvalue weighted by Gasteiger charge is -2.35. The van der Waals surface area contributed by atoms with Gasteiger partial charge in [-0.1, -0.05) is 52.3 Å². The fourth-order valence-corrected chi connectivity index (χ4v) is 4.02. The van der Waals surface area contributed by atoms with Gasteiger partial charge in [0.2, 0.25) is 0 Å². The zero-order valence-corrected chi connectivity index (χ0v) is 18.0. The fraction of sp³-hybridized carbons (Fsp3) is 0.542.